The fourth-order valence-corrected chi connectivity index (χ4v) is 4.28. The van der Waals surface area contributed by atoms with E-state index in [1.807, 2.05) is 53.4 Å². The summed E-state index contributed by atoms with van der Waals surface area (Å²) in [5, 5.41) is 7.31. The van der Waals surface area contributed by atoms with E-state index in [1.54, 1.807) is 14.2 Å². The number of hydrogen-bond donors (Lipinski definition) is 1. The number of piperidine rings is 1. The number of likely N-dealkylation sites (tertiary alicyclic amines) is 1. The summed E-state index contributed by atoms with van der Waals surface area (Å²) in [5.74, 6) is 1.50. The van der Waals surface area contributed by atoms with Crippen LogP contribution < -0.4 is 9.47 Å². The largest absolute Gasteiger partial charge is 0.493 e. The maximum atomic E-state index is 13.3. The number of aryl methyl sites for hydroxylation is 1. The van der Waals surface area contributed by atoms with E-state index in [1.165, 1.54) is 5.56 Å². The van der Waals surface area contributed by atoms with Crippen molar-refractivity contribution in [2.24, 2.45) is 0 Å². The maximum absolute atomic E-state index is 13.3. The van der Waals surface area contributed by atoms with Crippen LogP contribution >= 0.6 is 0 Å². The molecule has 6 nitrogen and oxygen atoms in total. The van der Waals surface area contributed by atoms with E-state index in [4.69, 9.17) is 9.47 Å². The van der Waals surface area contributed by atoms with Crippen LogP contribution in [0.25, 0.3) is 11.3 Å². The normalized spacial score (nSPS) is 16.2. The quantitative estimate of drug-likeness (QED) is 0.602. The lowest BCUT2D eigenvalue weighted by Gasteiger charge is -2.35. The summed E-state index contributed by atoms with van der Waals surface area (Å²) >= 11 is 0. The Balaban J connectivity index is 1.45. The van der Waals surface area contributed by atoms with Crippen molar-refractivity contribution in [2.45, 2.75) is 38.1 Å². The van der Waals surface area contributed by atoms with Crippen LogP contribution in [-0.2, 0) is 6.42 Å². The van der Waals surface area contributed by atoms with Gasteiger partial charge in [0.2, 0.25) is 0 Å². The molecule has 1 unspecified atom stereocenters. The van der Waals surface area contributed by atoms with Gasteiger partial charge < -0.3 is 14.4 Å². The highest BCUT2D eigenvalue weighted by Crippen LogP contribution is 2.29. The number of carbonyl (C=O) groups is 1. The first-order valence-corrected chi connectivity index (χ1v) is 10.8. The number of nitrogens with one attached hydrogen (secondary N) is 1. The second-order valence-electron chi connectivity index (χ2n) is 7.91. The molecule has 1 aromatic heterocycles. The highest BCUT2D eigenvalue weighted by Gasteiger charge is 2.28. The van der Waals surface area contributed by atoms with Crippen molar-refractivity contribution in [1.29, 1.82) is 0 Å². The molecule has 4 rings (SSSR count). The predicted molar refractivity (Wildman–Crippen MR) is 121 cm³/mol. The van der Waals surface area contributed by atoms with Gasteiger partial charge in [-0.05, 0) is 55.9 Å². The summed E-state index contributed by atoms with van der Waals surface area (Å²) in [4.78, 5) is 15.3. The molecule has 1 atom stereocenters. The Hall–Kier alpha value is -3.28. The third-order valence-corrected chi connectivity index (χ3v) is 5.98. The number of hydrogen-bond acceptors (Lipinski definition) is 4. The number of benzene rings is 2. The van der Waals surface area contributed by atoms with Gasteiger partial charge in [-0.2, -0.15) is 5.10 Å². The lowest BCUT2D eigenvalue weighted by Crippen LogP contribution is -2.44. The molecular formula is C25H29N3O3. The molecule has 1 fully saturated rings. The van der Waals surface area contributed by atoms with Crippen LogP contribution in [0.3, 0.4) is 0 Å². The molecule has 31 heavy (non-hydrogen) atoms. The van der Waals surface area contributed by atoms with Crippen LogP contribution in [0.4, 0.5) is 0 Å². The lowest BCUT2D eigenvalue weighted by atomic mass is 9.95. The van der Waals surface area contributed by atoms with Crippen molar-refractivity contribution in [3.8, 4) is 22.8 Å². The number of rotatable bonds is 7. The number of H-pyrrole nitrogens is 1. The fourth-order valence-electron chi connectivity index (χ4n) is 4.28. The Labute approximate surface area is 183 Å². The van der Waals surface area contributed by atoms with Gasteiger partial charge in [0.1, 0.15) is 5.69 Å². The van der Waals surface area contributed by atoms with Crippen LogP contribution in [0, 0.1) is 0 Å². The molecule has 2 aromatic carbocycles. The van der Waals surface area contributed by atoms with E-state index in [0.29, 0.717) is 5.69 Å². The summed E-state index contributed by atoms with van der Waals surface area (Å²) in [6.07, 6.45) is 5.02. The van der Waals surface area contributed by atoms with Gasteiger partial charge in [-0.25, -0.2) is 0 Å². The highest BCUT2D eigenvalue weighted by atomic mass is 16.5. The van der Waals surface area contributed by atoms with Gasteiger partial charge in [0, 0.05) is 18.2 Å². The topological polar surface area (TPSA) is 67.5 Å². The number of ether oxygens (including phenoxy) is 2. The zero-order valence-corrected chi connectivity index (χ0v) is 18.1. The van der Waals surface area contributed by atoms with E-state index in [-0.39, 0.29) is 11.9 Å². The number of nitrogens with zero attached hydrogens (tertiary/aromatic N) is 2. The minimum Gasteiger partial charge on any atom is -0.493 e. The van der Waals surface area contributed by atoms with Crippen molar-refractivity contribution in [3.63, 3.8) is 0 Å². The smallest absolute Gasteiger partial charge is 0.272 e. The van der Waals surface area contributed by atoms with Crippen molar-refractivity contribution in [1.82, 2.24) is 15.1 Å². The molecule has 1 amide bonds. The Morgan fingerprint density at radius 1 is 1.06 bits per heavy atom. The van der Waals surface area contributed by atoms with Crippen molar-refractivity contribution in [3.05, 3.63) is 65.9 Å². The van der Waals surface area contributed by atoms with Gasteiger partial charge >= 0.3 is 0 Å². The van der Waals surface area contributed by atoms with Gasteiger partial charge in [0.05, 0.1) is 19.9 Å². The second-order valence-corrected chi connectivity index (χ2v) is 7.91. The third-order valence-electron chi connectivity index (χ3n) is 5.98. The average Bonchev–Trinajstić information content (AvgIpc) is 3.33. The average molecular weight is 420 g/mol. The number of aromatic amines is 1. The molecule has 0 saturated carbocycles. The molecule has 0 aliphatic carbocycles. The van der Waals surface area contributed by atoms with Crippen LogP contribution in [0.2, 0.25) is 0 Å². The summed E-state index contributed by atoms with van der Waals surface area (Å²) in [5.41, 5.74) is 3.53. The van der Waals surface area contributed by atoms with Gasteiger partial charge in [0.25, 0.3) is 5.91 Å². The molecule has 162 valence electrons. The minimum absolute atomic E-state index is 0.0340. The van der Waals surface area contributed by atoms with Gasteiger partial charge in [0.15, 0.2) is 11.5 Å². The van der Waals surface area contributed by atoms with Crippen LogP contribution in [0.15, 0.2) is 54.6 Å². The zero-order chi connectivity index (χ0) is 21.6. The molecule has 1 aliphatic rings. The van der Waals surface area contributed by atoms with Gasteiger partial charge in [-0.15, -0.1) is 0 Å². The zero-order valence-electron chi connectivity index (χ0n) is 18.1. The van der Waals surface area contributed by atoms with Gasteiger partial charge in [-0.3, -0.25) is 9.89 Å². The number of amides is 1. The molecule has 6 heteroatoms. The first-order chi connectivity index (χ1) is 15.2. The van der Waals surface area contributed by atoms with Crippen molar-refractivity contribution >= 4 is 5.91 Å². The van der Waals surface area contributed by atoms with E-state index >= 15 is 0 Å². The van der Waals surface area contributed by atoms with Crippen LogP contribution in [0.5, 0.6) is 11.5 Å². The molecule has 1 saturated heterocycles. The molecule has 1 aliphatic heterocycles. The monoisotopic (exact) mass is 419 g/mol. The SMILES string of the molecule is COc1ccc(CCC2CCCCN2C(=O)c2cc(-c3ccccc3)n[nH]2)cc1OC. The second kappa shape index (κ2) is 9.69. The van der Waals surface area contributed by atoms with E-state index in [0.717, 1.165) is 61.4 Å². The molecule has 0 radical (unpaired) electrons. The number of aromatic nitrogens is 2. The van der Waals surface area contributed by atoms with Crippen molar-refractivity contribution in [2.75, 3.05) is 20.8 Å². The highest BCUT2D eigenvalue weighted by molar-refractivity contribution is 5.93. The Bertz CT molecular complexity index is 1020. The van der Waals surface area contributed by atoms with E-state index in [9.17, 15) is 4.79 Å². The molecule has 1 N–H and O–H groups in total. The molecular weight excluding hydrogens is 390 g/mol. The summed E-state index contributed by atoms with van der Waals surface area (Å²) in [7, 11) is 3.29. The predicted octanol–water partition coefficient (Wildman–Crippen LogP) is 4.72. The number of methoxy groups -OCH3 is 2. The van der Waals surface area contributed by atoms with Crippen LogP contribution in [-0.4, -0.2) is 47.8 Å². The molecule has 0 spiro atoms. The summed E-state index contributed by atoms with van der Waals surface area (Å²) < 4.78 is 10.8. The van der Waals surface area contributed by atoms with Crippen molar-refractivity contribution < 1.29 is 14.3 Å². The molecule has 3 aromatic rings. The lowest BCUT2D eigenvalue weighted by molar-refractivity contribution is 0.0596. The Morgan fingerprint density at radius 2 is 1.87 bits per heavy atom. The fraction of sp³-hybridized carbons (Fsp3) is 0.360. The summed E-state index contributed by atoms with van der Waals surface area (Å²) in [6, 6.07) is 18.0. The Kier molecular flexibility index (Phi) is 6.55. The number of carbonyl (C=O) groups excluding carboxylic acids is 1. The van der Waals surface area contributed by atoms with Crippen LogP contribution in [0.1, 0.15) is 41.7 Å². The first-order valence-electron chi connectivity index (χ1n) is 10.8. The summed E-state index contributed by atoms with van der Waals surface area (Å²) in [6.45, 7) is 0.787. The van der Waals surface area contributed by atoms with E-state index in [2.05, 4.69) is 16.3 Å². The minimum atomic E-state index is 0.0340. The van der Waals surface area contributed by atoms with Gasteiger partial charge in [-0.1, -0.05) is 36.4 Å². The van der Waals surface area contributed by atoms with E-state index < -0.39 is 0 Å². The third kappa shape index (κ3) is 4.74. The standard InChI is InChI=1S/C25H29N3O3/c1-30-23-14-12-18(16-24(23)31-2)11-13-20-10-6-7-15-28(20)25(29)22-17-21(26-27-22)19-8-4-3-5-9-19/h3-5,8-9,12,14,16-17,20H,6-7,10-11,13,15H2,1-2H3,(H,26,27). The molecule has 0 bridgehead atoms. The Morgan fingerprint density at radius 3 is 2.65 bits per heavy atom. The molecule has 2 heterocycles. The first kappa shape index (κ1) is 21.0. The maximum Gasteiger partial charge on any atom is 0.272 e.